The number of nitrogens with one attached hydrogen (secondary N) is 3. The molecule has 0 saturated heterocycles. The topological polar surface area (TPSA) is 87.3 Å². The van der Waals surface area contributed by atoms with Crippen LogP contribution >= 0.6 is 35.0 Å². The van der Waals surface area contributed by atoms with Gasteiger partial charge in [0.15, 0.2) is 0 Å². The van der Waals surface area contributed by atoms with Crippen molar-refractivity contribution in [3.8, 4) is 0 Å². The monoisotopic (exact) mass is 665 g/mol. The van der Waals surface area contributed by atoms with Gasteiger partial charge in [0, 0.05) is 21.8 Å². The summed E-state index contributed by atoms with van der Waals surface area (Å²) < 4.78 is 0. The Kier molecular flexibility index (Phi) is 10.9. The van der Waals surface area contributed by atoms with E-state index in [1.165, 1.54) is 17.8 Å². The molecule has 0 spiro atoms. The van der Waals surface area contributed by atoms with Gasteiger partial charge in [0.1, 0.15) is 10.9 Å². The summed E-state index contributed by atoms with van der Waals surface area (Å²) in [5.74, 6) is -1.16. The molecule has 0 saturated carbocycles. The van der Waals surface area contributed by atoms with Crippen molar-refractivity contribution in [3.63, 3.8) is 0 Å². The third kappa shape index (κ3) is 8.67. The van der Waals surface area contributed by atoms with E-state index in [4.69, 9.17) is 23.2 Å². The summed E-state index contributed by atoms with van der Waals surface area (Å²) >= 11 is 14.0. The van der Waals surface area contributed by atoms with Crippen molar-refractivity contribution in [2.45, 2.75) is 17.1 Å². The molecule has 230 valence electrons. The molecule has 0 aliphatic heterocycles. The zero-order valence-corrected chi connectivity index (χ0v) is 27.0. The molecule has 46 heavy (non-hydrogen) atoms. The first-order valence-corrected chi connectivity index (χ1v) is 15.9. The number of hydrogen-bond acceptors (Lipinski definition) is 4. The van der Waals surface area contributed by atoms with Crippen molar-refractivity contribution >= 4 is 70.1 Å². The number of rotatable bonds is 10. The molecule has 6 nitrogen and oxygen atoms in total. The van der Waals surface area contributed by atoms with Crippen molar-refractivity contribution in [2.75, 3.05) is 10.6 Å². The van der Waals surface area contributed by atoms with Gasteiger partial charge in [-0.1, -0.05) is 102 Å². The van der Waals surface area contributed by atoms with Crippen molar-refractivity contribution in [2.24, 2.45) is 0 Å². The number of thioether (sulfide) groups is 1. The van der Waals surface area contributed by atoms with Crippen LogP contribution in [0.5, 0.6) is 0 Å². The van der Waals surface area contributed by atoms with Crippen LogP contribution in [0.1, 0.15) is 32.3 Å². The Morgan fingerprint density at radius 3 is 1.98 bits per heavy atom. The maximum Gasteiger partial charge on any atom is 0.272 e. The number of benzene rings is 5. The van der Waals surface area contributed by atoms with Crippen molar-refractivity contribution in [3.05, 3.63) is 165 Å². The summed E-state index contributed by atoms with van der Waals surface area (Å²) in [6.07, 6.45) is 1.48. The lowest BCUT2D eigenvalue weighted by atomic mass is 10.1. The highest BCUT2D eigenvalue weighted by molar-refractivity contribution is 8.00. The Bertz CT molecular complexity index is 1860. The van der Waals surface area contributed by atoms with E-state index in [2.05, 4.69) is 16.0 Å². The molecule has 5 rings (SSSR count). The Hall–Kier alpha value is -4.82. The second-order valence-electron chi connectivity index (χ2n) is 10.3. The quantitative estimate of drug-likeness (QED) is 0.103. The van der Waals surface area contributed by atoms with Crippen molar-refractivity contribution in [1.29, 1.82) is 0 Å². The molecule has 0 aromatic heterocycles. The first-order valence-electron chi connectivity index (χ1n) is 14.3. The minimum absolute atomic E-state index is 0.0200. The molecule has 0 bridgehead atoms. The predicted octanol–water partition coefficient (Wildman–Crippen LogP) is 9.18. The van der Waals surface area contributed by atoms with Gasteiger partial charge in [0.05, 0.1) is 10.0 Å². The molecule has 3 N–H and O–H groups in total. The van der Waals surface area contributed by atoms with Crippen LogP contribution in [0.25, 0.3) is 6.08 Å². The van der Waals surface area contributed by atoms with E-state index in [0.717, 1.165) is 21.7 Å². The van der Waals surface area contributed by atoms with Crippen LogP contribution in [0.4, 0.5) is 11.4 Å². The Morgan fingerprint density at radius 2 is 1.30 bits per heavy atom. The molecule has 1 unspecified atom stereocenters. The summed E-state index contributed by atoms with van der Waals surface area (Å²) in [5, 5.41) is 8.61. The third-order valence-corrected chi connectivity index (χ3v) is 8.94. The molecule has 3 amide bonds. The van der Waals surface area contributed by atoms with E-state index in [1.54, 1.807) is 60.7 Å². The summed E-state index contributed by atoms with van der Waals surface area (Å²) in [7, 11) is 0. The van der Waals surface area contributed by atoms with Crippen LogP contribution in [-0.4, -0.2) is 17.7 Å². The third-order valence-electron chi connectivity index (χ3n) is 6.84. The molecule has 0 radical (unpaired) electrons. The van der Waals surface area contributed by atoms with E-state index in [-0.39, 0.29) is 16.6 Å². The van der Waals surface area contributed by atoms with Gasteiger partial charge in [0.25, 0.3) is 11.8 Å². The molecule has 5 aromatic rings. The Balaban J connectivity index is 1.34. The maximum absolute atomic E-state index is 13.5. The molecule has 9 heteroatoms. The Morgan fingerprint density at radius 1 is 0.696 bits per heavy atom. The fraction of sp³-hybridized carbons (Fsp3) is 0.0541. The minimum Gasteiger partial charge on any atom is -0.325 e. The second kappa shape index (κ2) is 15.5. The van der Waals surface area contributed by atoms with Crippen LogP contribution < -0.4 is 16.0 Å². The number of carbonyl (C=O) groups excluding carboxylic acids is 3. The molecule has 1 atom stereocenters. The summed E-state index contributed by atoms with van der Waals surface area (Å²) in [6, 6.07) is 37.9. The molecule has 0 fully saturated rings. The second-order valence-corrected chi connectivity index (χ2v) is 12.2. The number of aryl methyl sites for hydroxylation is 1. The van der Waals surface area contributed by atoms with E-state index >= 15 is 0 Å². The molecular formula is C37H29Cl2N3O3S. The van der Waals surface area contributed by atoms with Crippen LogP contribution in [0.2, 0.25) is 10.0 Å². The standard InChI is InChI=1S/C37H29Cl2N3O3S/c1-24-15-17-28(18-16-24)41-37(45)34(25-9-4-2-5-10-25)46-30-21-19-29(20-22-30)40-36(44)32(23-27-13-8-14-31(38)33(27)39)42-35(43)26-11-6-3-7-12-26/h2-23,34H,1H3,(H,40,44)(H,41,45)(H,42,43)/b32-23-. The minimum atomic E-state index is -0.555. The average Bonchev–Trinajstić information content (AvgIpc) is 3.07. The molecule has 0 aliphatic rings. The maximum atomic E-state index is 13.5. The van der Waals surface area contributed by atoms with Crippen LogP contribution in [0.3, 0.4) is 0 Å². The zero-order chi connectivity index (χ0) is 32.5. The van der Waals surface area contributed by atoms with E-state index in [1.807, 2.05) is 73.7 Å². The highest BCUT2D eigenvalue weighted by Crippen LogP contribution is 2.37. The van der Waals surface area contributed by atoms with Gasteiger partial charge in [-0.25, -0.2) is 0 Å². The van der Waals surface area contributed by atoms with E-state index < -0.39 is 17.1 Å². The Labute approximate surface area is 281 Å². The molecule has 0 aliphatic carbocycles. The van der Waals surface area contributed by atoms with E-state index in [0.29, 0.717) is 21.8 Å². The lowest BCUT2D eigenvalue weighted by Gasteiger charge is -2.18. The van der Waals surface area contributed by atoms with Crippen molar-refractivity contribution in [1.82, 2.24) is 5.32 Å². The normalized spacial score (nSPS) is 11.8. The number of amides is 3. The van der Waals surface area contributed by atoms with Crippen molar-refractivity contribution < 1.29 is 14.4 Å². The number of carbonyl (C=O) groups is 3. The van der Waals surface area contributed by atoms with E-state index in [9.17, 15) is 14.4 Å². The van der Waals surface area contributed by atoms with Gasteiger partial charge >= 0.3 is 0 Å². The predicted molar refractivity (Wildman–Crippen MR) is 188 cm³/mol. The lowest BCUT2D eigenvalue weighted by molar-refractivity contribution is -0.116. The molecule has 5 aromatic carbocycles. The fourth-order valence-electron chi connectivity index (χ4n) is 4.43. The first kappa shape index (κ1) is 32.6. The van der Waals surface area contributed by atoms with Gasteiger partial charge in [-0.3, -0.25) is 14.4 Å². The highest BCUT2D eigenvalue weighted by Gasteiger charge is 2.23. The number of anilines is 2. The van der Waals surface area contributed by atoms with Crippen LogP contribution in [0.15, 0.2) is 138 Å². The van der Waals surface area contributed by atoms with Gasteiger partial charge in [-0.15, -0.1) is 11.8 Å². The van der Waals surface area contributed by atoms with Gasteiger partial charge in [-0.05, 0) is 78.7 Å². The summed E-state index contributed by atoms with van der Waals surface area (Å²) in [4.78, 5) is 40.7. The molecule has 0 heterocycles. The van der Waals surface area contributed by atoms with Gasteiger partial charge < -0.3 is 16.0 Å². The van der Waals surface area contributed by atoms with Gasteiger partial charge in [0.2, 0.25) is 5.91 Å². The first-order chi connectivity index (χ1) is 22.3. The smallest absolute Gasteiger partial charge is 0.272 e. The number of hydrogen-bond donors (Lipinski definition) is 3. The zero-order valence-electron chi connectivity index (χ0n) is 24.7. The number of halogens is 2. The van der Waals surface area contributed by atoms with Crippen LogP contribution in [-0.2, 0) is 9.59 Å². The molecular weight excluding hydrogens is 637 g/mol. The largest absolute Gasteiger partial charge is 0.325 e. The summed E-state index contributed by atoms with van der Waals surface area (Å²) in [5.41, 5.74) is 4.01. The summed E-state index contributed by atoms with van der Waals surface area (Å²) in [6.45, 7) is 1.99. The SMILES string of the molecule is Cc1ccc(NC(=O)C(Sc2ccc(NC(=O)/C(=C/c3cccc(Cl)c3Cl)NC(=O)c3ccccc3)cc2)c2ccccc2)cc1. The lowest BCUT2D eigenvalue weighted by Crippen LogP contribution is -2.30. The highest BCUT2D eigenvalue weighted by atomic mass is 35.5. The fourth-order valence-corrected chi connectivity index (χ4v) is 5.81. The van der Waals surface area contributed by atoms with Crippen LogP contribution in [0, 0.1) is 6.92 Å². The van der Waals surface area contributed by atoms with Gasteiger partial charge in [-0.2, -0.15) is 0 Å². The average molecular weight is 667 g/mol.